The van der Waals surface area contributed by atoms with E-state index in [4.69, 9.17) is 0 Å². The Kier molecular flexibility index (Phi) is 5.22. The van der Waals surface area contributed by atoms with E-state index in [0.29, 0.717) is 6.54 Å². The number of nitrogens with zero attached hydrogens (tertiary/aromatic N) is 3. The normalized spacial score (nSPS) is 24.0. The largest absolute Gasteiger partial charge is 0.331 e. The lowest BCUT2D eigenvalue weighted by atomic mass is 10.1. The average molecular weight is 423 g/mol. The second-order valence-electron chi connectivity index (χ2n) is 7.63. The van der Waals surface area contributed by atoms with Crippen molar-refractivity contribution < 1.29 is 17.2 Å². The summed E-state index contributed by atoms with van der Waals surface area (Å²) in [4.78, 5) is 2.16. The van der Waals surface area contributed by atoms with Crippen molar-refractivity contribution in [3.8, 4) is 0 Å². The maximum atomic E-state index is 14.7. The van der Waals surface area contributed by atoms with Gasteiger partial charge in [0.2, 0.25) is 0 Å². The van der Waals surface area contributed by atoms with Gasteiger partial charge in [-0.25, -0.2) is 17.4 Å². The summed E-state index contributed by atoms with van der Waals surface area (Å²) in [5.74, 6) is -1.33. The Balaban J connectivity index is 1.69. The summed E-state index contributed by atoms with van der Waals surface area (Å²) >= 11 is 0. The quantitative estimate of drug-likeness (QED) is 0.823. The number of anilines is 3. The molecule has 2 aliphatic rings. The van der Waals surface area contributed by atoms with Crippen LogP contribution < -0.4 is 13.9 Å². The Bertz CT molecular complexity index is 1010. The van der Waals surface area contributed by atoms with Crippen LogP contribution in [0.3, 0.4) is 0 Å². The van der Waals surface area contributed by atoms with Crippen molar-refractivity contribution in [3.05, 3.63) is 54.1 Å². The first-order chi connectivity index (χ1) is 13.8. The highest BCUT2D eigenvalue weighted by molar-refractivity contribution is 7.95. The predicted molar refractivity (Wildman–Crippen MR) is 110 cm³/mol. The Morgan fingerprint density at radius 2 is 1.55 bits per heavy atom. The molecule has 0 aliphatic carbocycles. The molecule has 1 fully saturated rings. The Morgan fingerprint density at radius 3 is 2.24 bits per heavy atom. The van der Waals surface area contributed by atoms with Gasteiger partial charge in [0.15, 0.2) is 0 Å². The Morgan fingerprint density at radius 1 is 0.931 bits per heavy atom. The molecule has 2 aromatic carbocycles. The average Bonchev–Trinajstić information content (AvgIpc) is 2.87. The first-order valence-electron chi connectivity index (χ1n) is 9.63. The fourth-order valence-electron chi connectivity index (χ4n) is 4.21. The van der Waals surface area contributed by atoms with Gasteiger partial charge in [0, 0.05) is 38.3 Å². The van der Waals surface area contributed by atoms with Crippen molar-refractivity contribution in [2.24, 2.45) is 0 Å². The smallest absolute Gasteiger partial charge is 0.309 e. The lowest BCUT2D eigenvalue weighted by molar-refractivity contribution is 0.178. The van der Waals surface area contributed by atoms with Crippen LogP contribution in [0.2, 0.25) is 0 Å². The number of benzene rings is 2. The number of rotatable bonds is 4. The zero-order valence-corrected chi connectivity index (χ0v) is 17.2. The van der Waals surface area contributed by atoms with Crippen molar-refractivity contribution in [3.63, 3.8) is 0 Å². The summed E-state index contributed by atoms with van der Waals surface area (Å²) in [5, 5.41) is 3.43. The molecule has 2 aliphatic heterocycles. The van der Waals surface area contributed by atoms with E-state index in [0.717, 1.165) is 21.7 Å². The van der Waals surface area contributed by atoms with Gasteiger partial charge in [0.25, 0.3) is 0 Å². The van der Waals surface area contributed by atoms with E-state index in [1.165, 1.54) is 36.4 Å². The van der Waals surface area contributed by atoms with Gasteiger partial charge in [0.1, 0.15) is 17.3 Å². The van der Waals surface area contributed by atoms with Gasteiger partial charge in [-0.15, -0.1) is 0 Å². The summed E-state index contributed by atoms with van der Waals surface area (Å²) in [7, 11) is -4.17. The predicted octanol–water partition coefficient (Wildman–Crippen LogP) is 2.85. The van der Waals surface area contributed by atoms with Crippen LogP contribution in [-0.2, 0) is 10.2 Å². The molecule has 4 rings (SSSR count). The van der Waals surface area contributed by atoms with Gasteiger partial charge in [-0.3, -0.25) is 4.90 Å². The van der Waals surface area contributed by atoms with E-state index in [2.05, 4.69) is 24.1 Å². The molecule has 0 saturated carbocycles. The van der Waals surface area contributed by atoms with E-state index < -0.39 is 21.8 Å². The zero-order chi connectivity index (χ0) is 20.8. The van der Waals surface area contributed by atoms with E-state index in [9.17, 15) is 17.2 Å². The SMILES string of the molecule is CC1CN(CCN2c3c(F)cccc3N(c3ccccc3F)S2(=O)=O)CC(C)N1. The standard InChI is InChI=1S/C20H24F2N4O2S/c1-14-12-24(13-15(2)23-14)10-11-25-20-17(22)7-5-9-19(20)26(29(25,27)28)18-8-4-3-6-16(18)21/h3-9,14-15,23H,10-13H2,1-2H3. The first-order valence-corrected chi connectivity index (χ1v) is 11.0. The molecule has 1 saturated heterocycles. The van der Waals surface area contributed by atoms with Crippen molar-refractivity contribution in [1.29, 1.82) is 0 Å². The number of fused-ring (bicyclic) bond motifs is 1. The molecule has 0 radical (unpaired) electrons. The minimum absolute atomic E-state index is 0.0352. The van der Waals surface area contributed by atoms with Crippen LogP contribution in [-0.4, -0.2) is 51.6 Å². The number of halogens is 2. The lowest BCUT2D eigenvalue weighted by Gasteiger charge is -2.36. The molecule has 0 spiro atoms. The van der Waals surface area contributed by atoms with Crippen molar-refractivity contribution in [2.45, 2.75) is 25.9 Å². The summed E-state index contributed by atoms with van der Waals surface area (Å²) in [5.41, 5.74) is -0.0320. The molecule has 1 N–H and O–H groups in total. The van der Waals surface area contributed by atoms with E-state index >= 15 is 0 Å². The number of nitrogens with one attached hydrogen (secondary N) is 1. The highest BCUT2D eigenvalue weighted by Gasteiger charge is 2.44. The van der Waals surface area contributed by atoms with Crippen molar-refractivity contribution in [2.75, 3.05) is 34.8 Å². The Labute approximate surface area is 169 Å². The zero-order valence-electron chi connectivity index (χ0n) is 16.3. The third kappa shape index (κ3) is 3.58. The van der Waals surface area contributed by atoms with Crippen molar-refractivity contribution >= 4 is 27.3 Å². The minimum atomic E-state index is -4.17. The van der Waals surface area contributed by atoms with Crippen LogP contribution in [0.15, 0.2) is 42.5 Å². The molecular formula is C20H24F2N4O2S. The monoisotopic (exact) mass is 422 g/mol. The highest BCUT2D eigenvalue weighted by atomic mass is 32.2. The molecule has 6 nitrogen and oxygen atoms in total. The second-order valence-corrected chi connectivity index (χ2v) is 9.33. The third-order valence-electron chi connectivity index (χ3n) is 5.27. The van der Waals surface area contributed by atoms with Crippen LogP contribution in [0.4, 0.5) is 25.8 Å². The second kappa shape index (κ2) is 7.55. The molecular weight excluding hydrogens is 398 g/mol. The van der Waals surface area contributed by atoms with Gasteiger partial charge >= 0.3 is 10.2 Å². The molecule has 29 heavy (non-hydrogen) atoms. The lowest BCUT2D eigenvalue weighted by Crippen LogP contribution is -2.55. The topological polar surface area (TPSA) is 55.9 Å². The van der Waals surface area contributed by atoms with E-state index in [-0.39, 0.29) is 35.7 Å². The molecule has 2 heterocycles. The third-order valence-corrected chi connectivity index (χ3v) is 7.04. The van der Waals surface area contributed by atoms with Crippen LogP contribution >= 0.6 is 0 Å². The molecule has 0 aromatic heterocycles. The molecule has 0 amide bonds. The van der Waals surface area contributed by atoms with Gasteiger partial charge in [-0.1, -0.05) is 18.2 Å². The molecule has 0 bridgehead atoms. The molecule has 2 unspecified atom stereocenters. The van der Waals surface area contributed by atoms with Gasteiger partial charge < -0.3 is 5.32 Å². The van der Waals surface area contributed by atoms with Crippen LogP contribution in [0.25, 0.3) is 0 Å². The first kappa shape index (κ1) is 20.1. The molecule has 2 aromatic rings. The maximum absolute atomic E-state index is 14.7. The molecule has 2 atom stereocenters. The number of hydrogen-bond acceptors (Lipinski definition) is 4. The van der Waals surface area contributed by atoms with Gasteiger partial charge in [0.05, 0.1) is 11.4 Å². The van der Waals surface area contributed by atoms with Crippen LogP contribution in [0.5, 0.6) is 0 Å². The fraction of sp³-hybridized carbons (Fsp3) is 0.400. The maximum Gasteiger partial charge on any atom is 0.331 e. The van der Waals surface area contributed by atoms with E-state index in [1.54, 1.807) is 6.07 Å². The number of hydrogen-bond donors (Lipinski definition) is 1. The van der Waals surface area contributed by atoms with Crippen LogP contribution in [0, 0.1) is 11.6 Å². The fourth-order valence-corrected chi connectivity index (χ4v) is 5.92. The molecule has 9 heteroatoms. The summed E-state index contributed by atoms with van der Waals surface area (Å²) in [6.45, 7) is 6.24. The summed E-state index contributed by atoms with van der Waals surface area (Å²) in [6, 6.07) is 10.3. The molecule has 156 valence electrons. The summed E-state index contributed by atoms with van der Waals surface area (Å²) < 4.78 is 57.8. The number of para-hydroxylation sites is 2. The Hall–Kier alpha value is -2.23. The van der Waals surface area contributed by atoms with Crippen molar-refractivity contribution in [1.82, 2.24) is 10.2 Å². The van der Waals surface area contributed by atoms with Gasteiger partial charge in [-0.2, -0.15) is 8.42 Å². The van der Waals surface area contributed by atoms with Crippen LogP contribution in [0.1, 0.15) is 13.8 Å². The van der Waals surface area contributed by atoms with Gasteiger partial charge in [-0.05, 0) is 38.1 Å². The summed E-state index contributed by atoms with van der Waals surface area (Å²) in [6.07, 6.45) is 0. The number of piperazine rings is 1. The minimum Gasteiger partial charge on any atom is -0.309 e. The van der Waals surface area contributed by atoms with E-state index in [1.807, 2.05) is 0 Å². The highest BCUT2D eigenvalue weighted by Crippen LogP contribution is 2.47.